The van der Waals surface area contributed by atoms with Crippen LogP contribution >= 0.6 is 12.1 Å². The molecule has 0 spiro atoms. The second-order valence-electron chi connectivity index (χ2n) is 5.53. The third-order valence-electron chi connectivity index (χ3n) is 3.76. The van der Waals surface area contributed by atoms with E-state index in [1.807, 2.05) is 49.4 Å². The summed E-state index contributed by atoms with van der Waals surface area (Å²) in [6.07, 6.45) is -2.32. The molecule has 0 radical (unpaired) electrons. The summed E-state index contributed by atoms with van der Waals surface area (Å²) in [6, 6.07) is 13.3. The van der Waals surface area contributed by atoms with Crippen molar-refractivity contribution in [1.82, 2.24) is 0 Å². The third-order valence-corrected chi connectivity index (χ3v) is 4.21. The van der Waals surface area contributed by atoms with E-state index >= 15 is 0 Å². The predicted molar refractivity (Wildman–Crippen MR) is 94.3 cm³/mol. The molecule has 2 aromatic carbocycles. The molecule has 0 fully saturated rings. The molecular formula is C19H18F4S. The van der Waals surface area contributed by atoms with Crippen LogP contribution in [0.4, 0.5) is 17.1 Å². The first-order valence-electron chi connectivity index (χ1n) is 7.63. The lowest BCUT2D eigenvalue weighted by Gasteiger charge is -2.14. The molecule has 2 rings (SSSR count). The average molecular weight is 354 g/mol. The monoisotopic (exact) mass is 354 g/mol. The smallest absolute Gasteiger partial charge is 0.166 e. The van der Waals surface area contributed by atoms with Crippen molar-refractivity contribution < 1.29 is 17.1 Å². The fourth-order valence-electron chi connectivity index (χ4n) is 2.56. The van der Waals surface area contributed by atoms with Gasteiger partial charge in [0.05, 0.1) is 17.7 Å². The van der Waals surface area contributed by atoms with E-state index in [9.17, 15) is 17.1 Å². The van der Waals surface area contributed by atoms with Gasteiger partial charge in [-0.05, 0) is 47.4 Å². The Hall–Kier alpha value is -1.75. The zero-order valence-corrected chi connectivity index (χ0v) is 14.3. The number of hydrogen-bond acceptors (Lipinski definition) is 1. The molecule has 0 amide bonds. The lowest BCUT2D eigenvalue weighted by molar-refractivity contribution is -0.0885. The molecule has 2 aromatic rings. The number of alkyl halides is 3. The Morgan fingerprint density at radius 1 is 1.08 bits per heavy atom. The second kappa shape index (κ2) is 7.88. The van der Waals surface area contributed by atoms with Crippen LogP contribution in [0.3, 0.4) is 0 Å². The van der Waals surface area contributed by atoms with Gasteiger partial charge in [0.1, 0.15) is 0 Å². The number of rotatable bonds is 5. The molecule has 0 saturated carbocycles. The molecule has 128 valence electrons. The van der Waals surface area contributed by atoms with E-state index < -0.39 is 11.7 Å². The van der Waals surface area contributed by atoms with Gasteiger partial charge < -0.3 is 0 Å². The van der Waals surface area contributed by atoms with Crippen LogP contribution in [0.25, 0.3) is 16.3 Å². The normalized spacial score (nSPS) is 14.0. The highest BCUT2D eigenvalue weighted by molar-refractivity contribution is 7.98. The van der Waals surface area contributed by atoms with Gasteiger partial charge in [-0.25, -0.2) is 0 Å². The van der Waals surface area contributed by atoms with Crippen molar-refractivity contribution in [1.29, 1.82) is 0 Å². The number of halogens is 4. The average Bonchev–Trinajstić information content (AvgIpc) is 2.56. The molecule has 0 bridgehead atoms. The molecule has 5 heteroatoms. The van der Waals surface area contributed by atoms with Crippen LogP contribution in [-0.2, 0) is 0 Å². The molecule has 24 heavy (non-hydrogen) atoms. The van der Waals surface area contributed by atoms with Crippen LogP contribution in [0.15, 0.2) is 59.0 Å². The van der Waals surface area contributed by atoms with Crippen molar-refractivity contribution in [3.63, 3.8) is 0 Å². The van der Waals surface area contributed by atoms with Crippen molar-refractivity contribution >= 4 is 28.5 Å². The molecular weight excluding hydrogens is 336 g/mol. The number of hydrogen-bond donors (Lipinski definition) is 0. The van der Waals surface area contributed by atoms with Crippen LogP contribution in [0.2, 0.25) is 0 Å². The number of benzene rings is 2. The quantitative estimate of drug-likeness (QED) is 0.396. The van der Waals surface area contributed by atoms with Crippen LogP contribution < -0.4 is 0 Å². The molecule has 0 saturated heterocycles. The summed E-state index contributed by atoms with van der Waals surface area (Å²) in [6.45, 7) is 3.05. The lowest BCUT2D eigenvalue weighted by atomic mass is 9.96. The topological polar surface area (TPSA) is 0 Å². The summed E-state index contributed by atoms with van der Waals surface area (Å²) in [4.78, 5) is -0.378. The summed E-state index contributed by atoms with van der Waals surface area (Å²) in [7, 11) is 0. The van der Waals surface area contributed by atoms with Crippen molar-refractivity contribution in [2.24, 2.45) is 0 Å². The third kappa shape index (κ3) is 4.41. The molecule has 0 aliphatic carbocycles. The Labute approximate surface area is 143 Å². The first kappa shape index (κ1) is 18.6. The van der Waals surface area contributed by atoms with Crippen molar-refractivity contribution in [2.75, 3.05) is 0 Å². The molecule has 0 aliphatic heterocycles. The standard InChI is InChI=1S/C19H18F4S/c1-3-6-15(12-18(13(2)24-23)19(20,21)22)17-10-9-14-7-4-5-8-16(14)11-17/h4-5,7-12H,3,6H2,1-2H3/b15-12+,18-13-. The highest BCUT2D eigenvalue weighted by atomic mass is 32.2. The van der Waals surface area contributed by atoms with Gasteiger partial charge in [-0.15, -0.1) is 0 Å². The van der Waals surface area contributed by atoms with Gasteiger partial charge in [-0.2, -0.15) is 17.1 Å². The molecule has 0 atom stereocenters. The molecule has 0 N–H and O–H groups in total. The highest BCUT2D eigenvalue weighted by Gasteiger charge is 2.34. The Morgan fingerprint density at radius 2 is 1.75 bits per heavy atom. The Balaban J connectivity index is 2.57. The molecule has 0 aromatic heterocycles. The molecule has 0 unspecified atom stereocenters. The molecule has 0 heterocycles. The van der Waals surface area contributed by atoms with E-state index in [0.29, 0.717) is 18.4 Å². The van der Waals surface area contributed by atoms with E-state index in [4.69, 9.17) is 0 Å². The fraction of sp³-hybridized carbons (Fsp3) is 0.263. The summed E-state index contributed by atoms with van der Waals surface area (Å²) < 4.78 is 52.5. The largest absolute Gasteiger partial charge is 0.417 e. The first-order chi connectivity index (χ1) is 11.4. The van der Waals surface area contributed by atoms with Gasteiger partial charge in [0, 0.05) is 4.91 Å². The minimum atomic E-state index is -4.58. The van der Waals surface area contributed by atoms with E-state index in [-0.39, 0.29) is 17.1 Å². The van der Waals surface area contributed by atoms with Crippen LogP contribution in [0.1, 0.15) is 32.3 Å². The van der Waals surface area contributed by atoms with Crippen molar-refractivity contribution in [2.45, 2.75) is 32.9 Å². The minimum absolute atomic E-state index is 0.367. The van der Waals surface area contributed by atoms with Gasteiger partial charge in [-0.1, -0.05) is 49.7 Å². The fourth-order valence-corrected chi connectivity index (χ4v) is 2.81. The molecule has 0 nitrogen and oxygen atoms in total. The lowest BCUT2D eigenvalue weighted by Crippen LogP contribution is -2.12. The van der Waals surface area contributed by atoms with E-state index in [2.05, 4.69) is 0 Å². The van der Waals surface area contributed by atoms with Gasteiger partial charge in [-0.3, -0.25) is 0 Å². The van der Waals surface area contributed by atoms with Crippen molar-refractivity contribution in [3.8, 4) is 0 Å². The maximum absolute atomic E-state index is 13.2. The maximum atomic E-state index is 13.2. The Bertz CT molecular complexity index is 772. The van der Waals surface area contributed by atoms with Gasteiger partial charge in [0.2, 0.25) is 0 Å². The van der Waals surface area contributed by atoms with E-state index in [1.54, 1.807) is 0 Å². The summed E-state index contributed by atoms with van der Waals surface area (Å²) >= 11 is -0.367. The Kier molecular flexibility index (Phi) is 6.10. The van der Waals surface area contributed by atoms with Crippen LogP contribution in [-0.4, -0.2) is 6.18 Å². The van der Waals surface area contributed by atoms with Crippen LogP contribution in [0.5, 0.6) is 0 Å². The maximum Gasteiger partial charge on any atom is 0.417 e. The molecule has 0 aliphatic rings. The number of allylic oxidation sites excluding steroid dienone is 4. The summed E-state index contributed by atoms with van der Waals surface area (Å²) in [5.41, 5.74) is 0.365. The van der Waals surface area contributed by atoms with Crippen molar-refractivity contribution in [3.05, 3.63) is 64.6 Å². The SMILES string of the molecule is CCC/C(=C\C(=C(/C)SF)C(F)(F)F)c1ccc2ccccc2c1. The predicted octanol–water partition coefficient (Wildman–Crippen LogP) is 7.48. The highest BCUT2D eigenvalue weighted by Crippen LogP contribution is 2.37. The summed E-state index contributed by atoms with van der Waals surface area (Å²) in [5.74, 6) is 0. The minimum Gasteiger partial charge on any atom is -0.166 e. The zero-order chi connectivity index (χ0) is 17.7. The first-order valence-corrected chi connectivity index (χ1v) is 8.35. The second-order valence-corrected chi connectivity index (χ2v) is 6.29. The summed E-state index contributed by atoms with van der Waals surface area (Å²) in [5, 5.41) is 1.99. The van der Waals surface area contributed by atoms with Gasteiger partial charge in [0.15, 0.2) is 0 Å². The zero-order valence-electron chi connectivity index (χ0n) is 13.5. The van der Waals surface area contributed by atoms with Crippen LogP contribution in [0, 0.1) is 0 Å². The van der Waals surface area contributed by atoms with E-state index in [1.165, 1.54) is 0 Å². The number of fused-ring (bicyclic) bond motifs is 1. The van der Waals surface area contributed by atoms with Gasteiger partial charge >= 0.3 is 6.18 Å². The Morgan fingerprint density at radius 3 is 2.33 bits per heavy atom. The van der Waals surface area contributed by atoms with Gasteiger partial charge in [0.25, 0.3) is 0 Å². The van der Waals surface area contributed by atoms with E-state index in [0.717, 1.165) is 29.3 Å².